The summed E-state index contributed by atoms with van der Waals surface area (Å²) in [5.41, 5.74) is 14.4. The van der Waals surface area contributed by atoms with Gasteiger partial charge >= 0.3 is 0 Å². The molecule has 1 aliphatic carbocycles. The van der Waals surface area contributed by atoms with Crippen LogP contribution in [0.1, 0.15) is 0 Å². The first-order valence-electron chi connectivity index (χ1n) is 20.4. The number of para-hydroxylation sites is 3. The van der Waals surface area contributed by atoms with Gasteiger partial charge in [0.1, 0.15) is 0 Å². The van der Waals surface area contributed by atoms with Gasteiger partial charge in [0.2, 0.25) is 0 Å². The molecular weight excluding hydrogens is 731 g/mol. The maximum Gasteiger partial charge on any atom is 0.164 e. The zero-order valence-electron chi connectivity index (χ0n) is 32.3. The van der Waals surface area contributed by atoms with Gasteiger partial charge in [-0.05, 0) is 76.0 Å². The molecule has 0 radical (unpaired) electrons. The summed E-state index contributed by atoms with van der Waals surface area (Å²) in [4.78, 5) is 15.7. The van der Waals surface area contributed by atoms with Crippen molar-refractivity contribution in [1.82, 2.24) is 24.1 Å². The lowest BCUT2D eigenvalue weighted by atomic mass is 9.96. The van der Waals surface area contributed by atoms with Crippen LogP contribution in [0.3, 0.4) is 0 Å². The van der Waals surface area contributed by atoms with Gasteiger partial charge in [0.25, 0.3) is 0 Å². The molecule has 0 saturated carbocycles. The second kappa shape index (κ2) is 12.7. The highest BCUT2D eigenvalue weighted by atomic mass is 15.0. The monoisotopic (exact) mass is 763 g/mol. The minimum absolute atomic E-state index is 0.639. The van der Waals surface area contributed by atoms with Crippen molar-refractivity contribution in [2.45, 2.75) is 0 Å². The van der Waals surface area contributed by atoms with E-state index in [0.717, 1.165) is 44.7 Å². The van der Waals surface area contributed by atoms with Crippen LogP contribution >= 0.6 is 0 Å². The fraction of sp³-hybridized carbons (Fsp3) is 0. The molecule has 5 heteroatoms. The van der Waals surface area contributed by atoms with Crippen molar-refractivity contribution in [3.8, 4) is 67.8 Å². The van der Waals surface area contributed by atoms with E-state index < -0.39 is 0 Å². The third-order valence-corrected chi connectivity index (χ3v) is 12.3. The van der Waals surface area contributed by atoms with Gasteiger partial charge < -0.3 is 9.13 Å². The minimum atomic E-state index is 0.639. The first-order valence-corrected chi connectivity index (χ1v) is 20.4. The van der Waals surface area contributed by atoms with Crippen molar-refractivity contribution in [2.24, 2.45) is 0 Å². The van der Waals surface area contributed by atoms with Gasteiger partial charge in [-0.15, -0.1) is 0 Å². The second-order valence-electron chi connectivity index (χ2n) is 15.6. The highest BCUT2D eigenvalue weighted by molar-refractivity contribution is 6.19. The van der Waals surface area contributed by atoms with Crippen LogP contribution in [-0.2, 0) is 0 Å². The molecule has 0 saturated heterocycles. The summed E-state index contributed by atoms with van der Waals surface area (Å²) >= 11 is 0. The van der Waals surface area contributed by atoms with Crippen LogP contribution in [0.4, 0.5) is 0 Å². The third kappa shape index (κ3) is 4.77. The molecule has 0 N–H and O–H groups in total. The lowest BCUT2D eigenvalue weighted by Gasteiger charge is -2.16. The van der Waals surface area contributed by atoms with E-state index in [4.69, 9.17) is 15.0 Å². The number of nitrogens with zero attached hydrogens (tertiary/aromatic N) is 5. The predicted molar refractivity (Wildman–Crippen MR) is 247 cm³/mol. The molecule has 278 valence electrons. The zero-order valence-corrected chi connectivity index (χ0v) is 32.3. The Hall–Kier alpha value is -8.15. The van der Waals surface area contributed by atoms with Crippen molar-refractivity contribution < 1.29 is 0 Å². The van der Waals surface area contributed by atoms with Crippen LogP contribution in [0.5, 0.6) is 0 Å². The zero-order chi connectivity index (χ0) is 39.3. The highest BCUT2D eigenvalue weighted by Crippen LogP contribution is 2.52. The Kier molecular flexibility index (Phi) is 6.95. The average molecular weight is 764 g/mol. The summed E-state index contributed by atoms with van der Waals surface area (Å²) in [6.07, 6.45) is 0. The topological polar surface area (TPSA) is 48.5 Å². The number of benzene rings is 9. The molecule has 3 aromatic heterocycles. The van der Waals surface area contributed by atoms with Gasteiger partial charge in [0, 0.05) is 55.2 Å². The molecule has 0 unspecified atom stereocenters. The van der Waals surface area contributed by atoms with Crippen molar-refractivity contribution in [3.05, 3.63) is 200 Å². The molecule has 0 atom stereocenters. The van der Waals surface area contributed by atoms with E-state index in [1.807, 2.05) is 36.4 Å². The second-order valence-corrected chi connectivity index (χ2v) is 15.6. The van der Waals surface area contributed by atoms with E-state index in [2.05, 4.69) is 173 Å². The van der Waals surface area contributed by atoms with Gasteiger partial charge in [-0.25, -0.2) is 15.0 Å². The van der Waals surface area contributed by atoms with Crippen molar-refractivity contribution in [2.75, 3.05) is 0 Å². The molecule has 0 aliphatic heterocycles. The SMILES string of the molecule is c1ccc(-c2nc(-c3ccccc3)nc(-c3cc(-n4c5ccccc5c5cc(-n6c7ccccc7c7ccccc76)ccc54)cc4c3-c3cccc5cccc-4c35)n2)cc1. The van der Waals surface area contributed by atoms with Crippen LogP contribution in [-0.4, -0.2) is 24.1 Å². The normalized spacial score (nSPS) is 12.0. The van der Waals surface area contributed by atoms with Gasteiger partial charge in [0.05, 0.1) is 22.1 Å². The van der Waals surface area contributed by atoms with Crippen LogP contribution < -0.4 is 0 Å². The van der Waals surface area contributed by atoms with Gasteiger partial charge in [-0.1, -0.05) is 152 Å². The summed E-state index contributed by atoms with van der Waals surface area (Å²) in [5.74, 6) is 1.92. The summed E-state index contributed by atoms with van der Waals surface area (Å²) in [5, 5.41) is 7.36. The lowest BCUT2D eigenvalue weighted by Crippen LogP contribution is -2.03. The van der Waals surface area contributed by atoms with Gasteiger partial charge in [0.15, 0.2) is 17.5 Å². The fourth-order valence-corrected chi connectivity index (χ4v) is 9.72. The maximum absolute atomic E-state index is 5.31. The maximum atomic E-state index is 5.31. The standard InChI is InChI=1S/C55H33N5/c1-3-15-35(16-4-1)53-56-54(36-17-5-2-6-18-36)58-55(57-53)46-33-38(32-45-42-24-13-19-34-20-14-25-43(51(34)42)52(45)46)60-49-28-12-9-23-41(49)44-31-37(29-30-50(44)60)59-47-26-10-7-21-39(47)40-22-8-11-27-48(40)59/h1-33H. The van der Waals surface area contributed by atoms with Crippen molar-refractivity contribution in [3.63, 3.8) is 0 Å². The number of fused-ring (bicyclic) bond motifs is 9. The quantitative estimate of drug-likeness (QED) is 0.175. The summed E-state index contributed by atoms with van der Waals surface area (Å²) in [7, 11) is 0. The molecule has 5 nitrogen and oxygen atoms in total. The van der Waals surface area contributed by atoms with E-state index in [-0.39, 0.29) is 0 Å². The van der Waals surface area contributed by atoms with E-state index in [9.17, 15) is 0 Å². The average Bonchev–Trinajstić information content (AvgIpc) is 3.96. The molecule has 0 fully saturated rings. The van der Waals surface area contributed by atoms with Crippen LogP contribution in [0.15, 0.2) is 200 Å². The molecular formula is C55H33N5. The molecule has 0 spiro atoms. The highest BCUT2D eigenvalue weighted by Gasteiger charge is 2.28. The van der Waals surface area contributed by atoms with Crippen LogP contribution in [0.25, 0.3) is 122 Å². The summed E-state index contributed by atoms with van der Waals surface area (Å²) in [6.45, 7) is 0. The minimum Gasteiger partial charge on any atom is -0.309 e. The molecule has 12 aromatic rings. The molecule has 60 heavy (non-hydrogen) atoms. The largest absolute Gasteiger partial charge is 0.309 e. The lowest BCUT2D eigenvalue weighted by molar-refractivity contribution is 1.07. The first kappa shape index (κ1) is 32.9. The Morgan fingerprint density at radius 1 is 0.300 bits per heavy atom. The van der Waals surface area contributed by atoms with Crippen LogP contribution in [0, 0.1) is 0 Å². The van der Waals surface area contributed by atoms with Gasteiger partial charge in [-0.3, -0.25) is 0 Å². The Morgan fingerprint density at radius 3 is 1.40 bits per heavy atom. The Balaban J connectivity index is 1.10. The fourth-order valence-electron chi connectivity index (χ4n) is 9.72. The van der Waals surface area contributed by atoms with Crippen molar-refractivity contribution >= 4 is 54.4 Å². The molecule has 1 aliphatic rings. The molecule has 3 heterocycles. The number of hydrogen-bond donors (Lipinski definition) is 0. The third-order valence-electron chi connectivity index (χ3n) is 12.3. The predicted octanol–water partition coefficient (Wildman–Crippen LogP) is 13.9. The number of aromatic nitrogens is 5. The summed E-state index contributed by atoms with van der Waals surface area (Å²) < 4.78 is 4.82. The first-order chi connectivity index (χ1) is 29.8. The summed E-state index contributed by atoms with van der Waals surface area (Å²) in [6, 6.07) is 71.5. The Labute approximate surface area is 345 Å². The van der Waals surface area contributed by atoms with Crippen molar-refractivity contribution in [1.29, 1.82) is 0 Å². The van der Waals surface area contributed by atoms with Crippen LogP contribution in [0.2, 0.25) is 0 Å². The van der Waals surface area contributed by atoms with E-state index in [1.165, 1.54) is 60.0 Å². The van der Waals surface area contributed by atoms with E-state index in [0.29, 0.717) is 17.5 Å². The smallest absolute Gasteiger partial charge is 0.164 e. The van der Waals surface area contributed by atoms with E-state index >= 15 is 0 Å². The molecule has 0 amide bonds. The Bertz CT molecular complexity index is 3590. The number of rotatable bonds is 5. The molecule has 13 rings (SSSR count). The van der Waals surface area contributed by atoms with Gasteiger partial charge in [-0.2, -0.15) is 0 Å². The Morgan fingerprint density at radius 2 is 0.783 bits per heavy atom. The van der Waals surface area contributed by atoms with E-state index in [1.54, 1.807) is 0 Å². The molecule has 0 bridgehead atoms. The molecule has 9 aromatic carbocycles. The number of hydrogen-bond acceptors (Lipinski definition) is 3.